The van der Waals surface area contributed by atoms with Gasteiger partial charge in [-0.25, -0.2) is 9.59 Å². The van der Waals surface area contributed by atoms with E-state index < -0.39 is 17.4 Å². The molecule has 0 aliphatic heterocycles. The Morgan fingerprint density at radius 2 is 1.03 bits per heavy atom. The highest BCUT2D eigenvalue weighted by molar-refractivity contribution is 9.14. The highest BCUT2D eigenvalue weighted by atomic mass is 79.9. The van der Waals surface area contributed by atoms with Crippen molar-refractivity contribution in [3.8, 4) is 11.5 Å². The molecular formula is C29H20Br4O4. The average molecular weight is 752 g/mol. The summed E-state index contributed by atoms with van der Waals surface area (Å²) in [6.07, 6.45) is 0. The lowest BCUT2D eigenvalue weighted by Gasteiger charge is -2.30. The molecule has 0 atom stereocenters. The van der Waals surface area contributed by atoms with Crippen molar-refractivity contribution in [3.05, 3.63) is 125 Å². The minimum Gasteiger partial charge on any atom is -0.423 e. The van der Waals surface area contributed by atoms with Gasteiger partial charge in [0.2, 0.25) is 0 Å². The molecule has 37 heavy (non-hydrogen) atoms. The van der Waals surface area contributed by atoms with Crippen LogP contribution >= 0.6 is 63.7 Å². The molecule has 4 nitrogen and oxygen atoms in total. The van der Waals surface area contributed by atoms with Crippen LogP contribution in [0.15, 0.2) is 103 Å². The van der Waals surface area contributed by atoms with Crippen LogP contribution in [0, 0.1) is 0 Å². The summed E-state index contributed by atoms with van der Waals surface area (Å²) in [7, 11) is 0. The molecule has 0 saturated carbocycles. The molecule has 0 spiro atoms. The highest BCUT2D eigenvalue weighted by Gasteiger charge is 2.33. The number of halogens is 4. The van der Waals surface area contributed by atoms with Gasteiger partial charge in [0.15, 0.2) is 5.75 Å². The summed E-state index contributed by atoms with van der Waals surface area (Å²) in [5.41, 5.74) is 2.36. The second-order valence-electron chi connectivity index (χ2n) is 8.62. The summed E-state index contributed by atoms with van der Waals surface area (Å²) >= 11 is 14.6. The van der Waals surface area contributed by atoms with Gasteiger partial charge in [0.1, 0.15) is 5.75 Å². The maximum atomic E-state index is 12.7. The van der Waals surface area contributed by atoms with Crippen LogP contribution in [-0.2, 0) is 5.41 Å². The molecular weight excluding hydrogens is 732 g/mol. The minimum absolute atomic E-state index is 0.357. The van der Waals surface area contributed by atoms with Crippen LogP contribution in [0.2, 0.25) is 0 Å². The van der Waals surface area contributed by atoms with Gasteiger partial charge in [0.05, 0.1) is 20.1 Å². The summed E-state index contributed by atoms with van der Waals surface area (Å²) in [5.74, 6) is -0.0626. The fourth-order valence-electron chi connectivity index (χ4n) is 3.80. The first kappa shape index (κ1) is 27.8. The standard InChI is InChI=1S/C29H20Br4O4/c1-29(2,19-13-15-20(16-14-19)36-27(34)17-9-5-3-6-10-17)21-22(30)24(32)26(25(33)23(21)31)37-28(35)18-11-7-4-8-12-18/h3-16H,1-2H3. The number of esters is 2. The van der Waals surface area contributed by atoms with E-state index in [0.717, 1.165) is 20.1 Å². The van der Waals surface area contributed by atoms with Crippen molar-refractivity contribution in [2.45, 2.75) is 19.3 Å². The predicted molar refractivity (Wildman–Crippen MR) is 159 cm³/mol. The second-order valence-corrected chi connectivity index (χ2v) is 11.8. The Kier molecular flexibility index (Phi) is 8.74. The third-order valence-electron chi connectivity index (χ3n) is 5.85. The first-order valence-electron chi connectivity index (χ1n) is 11.1. The Bertz CT molecular complexity index is 1420. The Morgan fingerprint density at radius 1 is 0.595 bits per heavy atom. The highest BCUT2D eigenvalue weighted by Crippen LogP contribution is 2.51. The van der Waals surface area contributed by atoms with Gasteiger partial charge >= 0.3 is 11.9 Å². The van der Waals surface area contributed by atoms with Crippen molar-refractivity contribution in [2.24, 2.45) is 0 Å². The molecule has 4 rings (SSSR count). The zero-order chi connectivity index (χ0) is 26.7. The van der Waals surface area contributed by atoms with Crippen LogP contribution in [0.25, 0.3) is 0 Å². The molecule has 4 aromatic rings. The largest absolute Gasteiger partial charge is 0.423 e. The zero-order valence-corrected chi connectivity index (χ0v) is 26.1. The Morgan fingerprint density at radius 3 is 1.49 bits per heavy atom. The second kappa shape index (κ2) is 11.6. The Hall–Kier alpha value is -2.26. The van der Waals surface area contributed by atoms with Crippen LogP contribution < -0.4 is 9.47 Å². The molecule has 4 aromatic carbocycles. The van der Waals surface area contributed by atoms with E-state index in [0.29, 0.717) is 31.6 Å². The summed E-state index contributed by atoms with van der Waals surface area (Å²) in [5, 5.41) is 0. The molecule has 0 radical (unpaired) electrons. The summed E-state index contributed by atoms with van der Waals surface area (Å²) < 4.78 is 14.0. The van der Waals surface area contributed by atoms with Crippen molar-refractivity contribution >= 4 is 75.7 Å². The third kappa shape index (κ3) is 5.93. The van der Waals surface area contributed by atoms with Crippen molar-refractivity contribution in [1.29, 1.82) is 0 Å². The van der Waals surface area contributed by atoms with E-state index in [2.05, 4.69) is 77.6 Å². The first-order valence-corrected chi connectivity index (χ1v) is 14.3. The Labute approximate surface area is 248 Å². The monoisotopic (exact) mass is 748 g/mol. The summed E-state index contributed by atoms with van der Waals surface area (Å²) in [4.78, 5) is 25.1. The fraction of sp³-hybridized carbons (Fsp3) is 0.103. The zero-order valence-electron chi connectivity index (χ0n) is 19.7. The lowest BCUT2D eigenvalue weighted by atomic mass is 9.78. The number of benzene rings is 4. The maximum absolute atomic E-state index is 12.7. The van der Waals surface area contributed by atoms with E-state index in [1.165, 1.54) is 0 Å². The number of hydrogen-bond acceptors (Lipinski definition) is 4. The van der Waals surface area contributed by atoms with Gasteiger partial charge < -0.3 is 9.47 Å². The van der Waals surface area contributed by atoms with Gasteiger partial charge in [0, 0.05) is 14.4 Å². The molecule has 0 amide bonds. The third-order valence-corrected chi connectivity index (χ3v) is 10.0. The first-order chi connectivity index (χ1) is 17.6. The maximum Gasteiger partial charge on any atom is 0.343 e. The number of hydrogen-bond donors (Lipinski definition) is 0. The molecule has 188 valence electrons. The molecule has 0 aliphatic carbocycles. The minimum atomic E-state index is -0.493. The van der Waals surface area contributed by atoms with Gasteiger partial charge in [-0.15, -0.1) is 0 Å². The predicted octanol–water partition coefficient (Wildman–Crippen LogP) is 9.50. The van der Waals surface area contributed by atoms with E-state index in [1.807, 2.05) is 24.3 Å². The SMILES string of the molecule is CC(C)(c1ccc(OC(=O)c2ccccc2)cc1)c1c(Br)c(Br)c(OC(=O)c2ccccc2)c(Br)c1Br. The lowest BCUT2D eigenvalue weighted by molar-refractivity contribution is 0.0723. The molecule has 0 bridgehead atoms. The van der Waals surface area contributed by atoms with Crippen molar-refractivity contribution in [3.63, 3.8) is 0 Å². The van der Waals surface area contributed by atoms with Gasteiger partial charge in [0.25, 0.3) is 0 Å². The van der Waals surface area contributed by atoms with E-state index in [4.69, 9.17) is 9.47 Å². The molecule has 0 aromatic heterocycles. The number of rotatable bonds is 6. The summed E-state index contributed by atoms with van der Waals surface area (Å²) in [6.45, 7) is 4.16. The Balaban J connectivity index is 1.63. The quantitative estimate of drug-likeness (QED) is 0.112. The van der Waals surface area contributed by atoms with Gasteiger partial charge in [-0.1, -0.05) is 62.4 Å². The van der Waals surface area contributed by atoms with E-state index >= 15 is 0 Å². The van der Waals surface area contributed by atoms with Gasteiger partial charge in [-0.05, 0) is 111 Å². The molecule has 0 aliphatic rings. The fourth-order valence-corrected chi connectivity index (χ4v) is 7.03. The number of carbonyl (C=O) groups is 2. The van der Waals surface area contributed by atoms with Crippen LogP contribution in [-0.4, -0.2) is 11.9 Å². The van der Waals surface area contributed by atoms with Gasteiger partial charge in [-0.2, -0.15) is 0 Å². The smallest absolute Gasteiger partial charge is 0.343 e. The number of carbonyl (C=O) groups excluding carboxylic acids is 2. The molecule has 0 N–H and O–H groups in total. The van der Waals surface area contributed by atoms with E-state index in [-0.39, 0.29) is 0 Å². The normalized spacial score (nSPS) is 11.2. The summed E-state index contributed by atoms with van der Waals surface area (Å²) in [6, 6.07) is 25.1. The van der Waals surface area contributed by atoms with Crippen LogP contribution in [0.5, 0.6) is 11.5 Å². The topological polar surface area (TPSA) is 52.6 Å². The van der Waals surface area contributed by atoms with Crippen LogP contribution in [0.4, 0.5) is 0 Å². The van der Waals surface area contributed by atoms with Crippen LogP contribution in [0.1, 0.15) is 45.7 Å². The van der Waals surface area contributed by atoms with Crippen molar-refractivity contribution < 1.29 is 19.1 Å². The van der Waals surface area contributed by atoms with E-state index in [1.54, 1.807) is 60.7 Å². The molecule has 8 heteroatoms. The molecule has 0 saturated heterocycles. The van der Waals surface area contributed by atoms with Gasteiger partial charge in [-0.3, -0.25) is 0 Å². The molecule has 0 unspecified atom stereocenters. The average Bonchev–Trinajstić information content (AvgIpc) is 2.91. The van der Waals surface area contributed by atoms with Crippen LogP contribution in [0.3, 0.4) is 0 Å². The number of ether oxygens (including phenoxy) is 2. The molecule has 0 heterocycles. The van der Waals surface area contributed by atoms with Crippen molar-refractivity contribution in [2.75, 3.05) is 0 Å². The van der Waals surface area contributed by atoms with Crippen molar-refractivity contribution in [1.82, 2.24) is 0 Å². The molecule has 0 fully saturated rings. The van der Waals surface area contributed by atoms with E-state index in [9.17, 15) is 9.59 Å². The lowest BCUT2D eigenvalue weighted by Crippen LogP contribution is -2.21.